The maximum absolute atomic E-state index is 2.34. The molecule has 17 aliphatic rings. The average Bonchev–Trinajstić information content (AvgIpc) is 2.89. The molecule has 44 heavy (non-hydrogen) atoms. The molecule has 0 aromatic rings. The summed E-state index contributed by atoms with van der Waals surface area (Å²) in [7, 11) is 0. The predicted molar refractivity (Wildman–Crippen MR) is 176 cm³/mol. The van der Waals surface area contributed by atoms with E-state index in [1.165, 1.54) is 0 Å². The zero-order valence-corrected chi connectivity index (χ0v) is 28.0. The van der Waals surface area contributed by atoms with Gasteiger partial charge in [-0.3, -0.25) is 0 Å². The molecule has 0 nitrogen and oxygen atoms in total. The van der Waals surface area contributed by atoms with E-state index in [1.807, 2.05) is 0 Å². The van der Waals surface area contributed by atoms with Crippen molar-refractivity contribution < 1.29 is 0 Å². The first-order chi connectivity index (χ1) is 21.4. The molecule has 17 aliphatic carbocycles. The Labute approximate surface area is 269 Å². The van der Waals surface area contributed by atoms with E-state index in [-0.39, 0.29) is 0 Å². The molecular formula is C44H61+. The number of hydrogen-bond donors (Lipinski definition) is 0. The Bertz CT molecular complexity index is 1080. The quantitative estimate of drug-likeness (QED) is 0.286. The minimum Gasteiger partial charge on any atom is -0.0475 e. The second-order valence-electron chi connectivity index (χ2n) is 22.5. The molecule has 0 radical (unpaired) electrons. The van der Waals surface area contributed by atoms with E-state index in [1.54, 1.807) is 154 Å². The number of hydrogen-bond acceptors (Lipinski definition) is 0. The van der Waals surface area contributed by atoms with Crippen molar-refractivity contribution in [3.8, 4) is 0 Å². The monoisotopic (exact) mass is 589 g/mol. The summed E-state index contributed by atoms with van der Waals surface area (Å²) in [6.07, 6.45) is 39.5. The smallest absolute Gasteiger partial charge is 0.0475 e. The maximum atomic E-state index is 2.34. The minimum absolute atomic E-state index is 0.644. The highest BCUT2D eigenvalue weighted by atomic mass is 14.8. The topological polar surface area (TPSA) is 0 Å². The van der Waals surface area contributed by atoms with Gasteiger partial charge in [0.05, 0.1) is 22.3 Å². The summed E-state index contributed by atoms with van der Waals surface area (Å²) in [5.74, 6) is 16.6. The molecule has 0 N–H and O–H groups in total. The zero-order chi connectivity index (χ0) is 28.2. The highest BCUT2D eigenvalue weighted by molar-refractivity contribution is 5.60. The Balaban J connectivity index is 1.05. The highest BCUT2D eigenvalue weighted by Crippen LogP contribution is 2.83. The Morgan fingerprint density at radius 1 is 0.341 bits per heavy atom. The molecule has 0 spiro atoms. The lowest BCUT2D eigenvalue weighted by molar-refractivity contribution is -0.129. The van der Waals surface area contributed by atoms with Gasteiger partial charge in [0.1, 0.15) is 11.5 Å². The lowest BCUT2D eigenvalue weighted by atomic mass is 9.29. The van der Waals surface area contributed by atoms with Crippen molar-refractivity contribution >= 4 is 0 Å². The van der Waals surface area contributed by atoms with Crippen molar-refractivity contribution in [2.75, 3.05) is 0 Å². The van der Waals surface area contributed by atoms with E-state index < -0.39 is 0 Å². The van der Waals surface area contributed by atoms with Gasteiger partial charge in [0, 0.05) is 10.8 Å². The van der Waals surface area contributed by atoms with Crippen molar-refractivity contribution in [2.24, 2.45) is 98.6 Å². The summed E-state index contributed by atoms with van der Waals surface area (Å²) in [5.41, 5.74) is 7.30. The molecule has 0 amide bonds. The molecule has 236 valence electrons. The molecule has 0 heteroatoms. The number of rotatable bonds is 4. The van der Waals surface area contributed by atoms with Gasteiger partial charge in [0.15, 0.2) is 0 Å². The summed E-state index contributed by atoms with van der Waals surface area (Å²) in [4.78, 5) is 0. The maximum Gasteiger partial charge on any atom is 0.138 e. The van der Waals surface area contributed by atoms with Gasteiger partial charge in [-0.05, 0) is 225 Å². The van der Waals surface area contributed by atoms with Crippen molar-refractivity contribution in [1.82, 2.24) is 0 Å². The van der Waals surface area contributed by atoms with Gasteiger partial charge in [0.2, 0.25) is 0 Å². The fourth-order valence-corrected chi connectivity index (χ4v) is 20.7. The first-order valence-corrected chi connectivity index (χ1v) is 21.1. The fraction of sp³-hybridized carbons (Fsp3) is 0.932. The lowest BCUT2D eigenvalue weighted by Crippen LogP contribution is -2.65. The van der Waals surface area contributed by atoms with Gasteiger partial charge < -0.3 is 0 Å². The summed E-state index contributed by atoms with van der Waals surface area (Å²) in [6, 6.07) is 0. The Hall–Kier alpha value is -0.390. The average molecular weight is 590 g/mol. The van der Waals surface area contributed by atoms with Crippen LogP contribution in [0.4, 0.5) is 0 Å². The van der Waals surface area contributed by atoms with Gasteiger partial charge in [-0.15, -0.1) is 0 Å². The third kappa shape index (κ3) is 3.15. The van der Waals surface area contributed by atoms with Crippen molar-refractivity contribution in [1.29, 1.82) is 0 Å². The molecule has 1 unspecified atom stereocenters. The van der Waals surface area contributed by atoms with E-state index in [0.717, 1.165) is 76.9 Å². The van der Waals surface area contributed by atoms with Gasteiger partial charge in [-0.1, -0.05) is 0 Å². The molecule has 0 heterocycles. The van der Waals surface area contributed by atoms with Crippen LogP contribution in [0.15, 0.2) is 11.1 Å². The lowest BCUT2D eigenvalue weighted by Gasteiger charge is -2.69. The molecule has 1 atom stereocenters. The minimum atomic E-state index is 0.644. The van der Waals surface area contributed by atoms with Crippen LogP contribution in [0, 0.1) is 105 Å². The van der Waals surface area contributed by atoms with Gasteiger partial charge in [-0.2, -0.15) is 0 Å². The largest absolute Gasteiger partial charge is 0.138 e. The third-order valence-electron chi connectivity index (χ3n) is 19.6. The summed E-state index contributed by atoms with van der Waals surface area (Å²) >= 11 is 0. The first kappa shape index (κ1) is 25.6. The van der Waals surface area contributed by atoms with Crippen LogP contribution in [0.1, 0.15) is 154 Å². The second-order valence-corrected chi connectivity index (χ2v) is 22.5. The molecule has 17 rings (SSSR count). The van der Waals surface area contributed by atoms with E-state index in [2.05, 4.69) is 17.1 Å². The van der Waals surface area contributed by atoms with Crippen molar-refractivity contribution in [3.05, 3.63) is 17.1 Å². The van der Waals surface area contributed by atoms with Crippen LogP contribution in [-0.4, -0.2) is 0 Å². The molecule has 16 fully saturated rings. The van der Waals surface area contributed by atoms with Crippen molar-refractivity contribution in [2.45, 2.75) is 154 Å². The zero-order valence-electron chi connectivity index (χ0n) is 28.0. The SMILES string of the molecule is C1C2CC3CC1CC(C1=C(C45CC6CC(CC(C6)C4)C5)C(C45CC6CC(CC(C6)C4)C5)[C+]1C14CC5CC(CC(C5)C1)C4)(C2)C3. The fourth-order valence-electron chi connectivity index (χ4n) is 20.7. The highest BCUT2D eigenvalue weighted by Gasteiger charge is 2.79. The van der Waals surface area contributed by atoms with Gasteiger partial charge in [-0.25, -0.2) is 0 Å². The Kier molecular flexibility index (Phi) is 4.70. The summed E-state index contributed by atoms with van der Waals surface area (Å²) in [5, 5.41) is 0. The second kappa shape index (κ2) is 8.07. The predicted octanol–water partition coefficient (Wildman–Crippen LogP) is 11.4. The van der Waals surface area contributed by atoms with Crippen LogP contribution in [0.25, 0.3) is 0 Å². The van der Waals surface area contributed by atoms with Crippen LogP contribution >= 0.6 is 0 Å². The molecular weight excluding hydrogens is 528 g/mol. The van der Waals surface area contributed by atoms with Crippen LogP contribution in [0.3, 0.4) is 0 Å². The Morgan fingerprint density at radius 2 is 0.636 bits per heavy atom. The van der Waals surface area contributed by atoms with Crippen LogP contribution in [0.5, 0.6) is 0 Å². The third-order valence-corrected chi connectivity index (χ3v) is 19.6. The molecule has 16 saturated carbocycles. The summed E-state index contributed by atoms with van der Waals surface area (Å²) < 4.78 is 0. The normalized spacial score (nSPS) is 64.9. The standard InChI is InChI=1S/C44H61/c1-25-2-27-3-26(1)14-41(13-25,15-27)37-38(42-16-28-4-29(17-42)6-30(5-28)18-42)40(44-22-34-10-35(23-44)12-36(11-34)24-44)39(37)43-19-31-7-32(20-43)9-33(8-31)21-43/h25-37H,1-24H2/q+1. The van der Waals surface area contributed by atoms with Crippen LogP contribution < -0.4 is 0 Å². The van der Waals surface area contributed by atoms with E-state index in [9.17, 15) is 0 Å². The molecule has 0 aliphatic heterocycles. The summed E-state index contributed by atoms with van der Waals surface area (Å²) in [6.45, 7) is 0. The van der Waals surface area contributed by atoms with E-state index >= 15 is 0 Å². The van der Waals surface area contributed by atoms with Crippen molar-refractivity contribution in [3.63, 3.8) is 0 Å². The number of allylic oxidation sites excluding steroid dienone is 2. The van der Waals surface area contributed by atoms with E-state index in [0.29, 0.717) is 21.7 Å². The van der Waals surface area contributed by atoms with Gasteiger partial charge in [0.25, 0.3) is 0 Å². The Morgan fingerprint density at radius 3 is 1.00 bits per heavy atom. The molecule has 16 bridgehead atoms. The molecule has 0 aromatic heterocycles. The molecule has 0 saturated heterocycles. The van der Waals surface area contributed by atoms with E-state index in [4.69, 9.17) is 0 Å². The first-order valence-electron chi connectivity index (χ1n) is 21.1. The van der Waals surface area contributed by atoms with Crippen LogP contribution in [0.2, 0.25) is 0 Å². The van der Waals surface area contributed by atoms with Crippen LogP contribution in [-0.2, 0) is 0 Å². The van der Waals surface area contributed by atoms with Gasteiger partial charge >= 0.3 is 0 Å². The molecule has 0 aromatic carbocycles.